The lowest BCUT2D eigenvalue weighted by Gasteiger charge is -2.35. The molecule has 0 spiro atoms. The third kappa shape index (κ3) is 4.62. The second-order valence-electron chi connectivity index (χ2n) is 6.09. The Morgan fingerprint density at radius 3 is 2.65 bits per heavy atom. The lowest BCUT2D eigenvalue weighted by Crippen LogP contribution is -2.48. The fourth-order valence-corrected chi connectivity index (χ4v) is 2.79. The Bertz CT molecular complexity index is 384. The molecule has 1 N–H and O–H groups in total. The Labute approximate surface area is 122 Å². The molecule has 2 rings (SSSR count). The molecule has 2 heterocycles. The highest BCUT2D eigenvalue weighted by Crippen LogP contribution is 2.14. The number of nitrogens with one attached hydrogen (secondary N) is 1. The molecule has 0 saturated carbocycles. The first-order chi connectivity index (χ1) is 9.66. The van der Waals surface area contributed by atoms with Crippen LogP contribution in [0.15, 0.2) is 16.7 Å². The fraction of sp³-hybridized carbons (Fsp3) is 0.750. The Morgan fingerprint density at radius 1 is 1.30 bits per heavy atom. The van der Waals surface area contributed by atoms with Crippen molar-refractivity contribution in [3.8, 4) is 0 Å². The topological polar surface area (TPSA) is 37.6 Å². The van der Waals surface area contributed by atoms with Crippen LogP contribution < -0.4 is 5.32 Å². The van der Waals surface area contributed by atoms with Gasteiger partial charge in [0.25, 0.3) is 0 Å². The lowest BCUT2D eigenvalue weighted by molar-refractivity contribution is 0.0122. The van der Waals surface area contributed by atoms with Gasteiger partial charge in [-0.15, -0.1) is 0 Å². The summed E-state index contributed by atoms with van der Waals surface area (Å²) in [6.45, 7) is 12.4. The molecule has 1 aliphatic heterocycles. The van der Waals surface area contributed by atoms with E-state index < -0.39 is 0 Å². The zero-order valence-corrected chi connectivity index (χ0v) is 13.0. The summed E-state index contributed by atoms with van der Waals surface area (Å²) in [7, 11) is 0. The number of furan rings is 1. The van der Waals surface area contributed by atoms with Crippen LogP contribution in [0.2, 0.25) is 0 Å². The molecule has 1 aromatic heterocycles. The van der Waals surface area contributed by atoms with E-state index in [0.717, 1.165) is 51.1 Å². The van der Waals surface area contributed by atoms with Crippen molar-refractivity contribution in [1.29, 1.82) is 0 Å². The third-order valence-corrected chi connectivity index (χ3v) is 3.94. The van der Waals surface area contributed by atoms with E-state index in [9.17, 15) is 0 Å². The molecule has 0 aliphatic carbocycles. The van der Waals surface area contributed by atoms with E-state index in [2.05, 4.69) is 31.0 Å². The normalized spacial score (nSPS) is 18.6. The van der Waals surface area contributed by atoms with Crippen molar-refractivity contribution < 1.29 is 9.15 Å². The molecule has 1 atom stereocenters. The molecule has 4 heteroatoms. The van der Waals surface area contributed by atoms with Gasteiger partial charge in [-0.05, 0) is 30.9 Å². The number of morpholine rings is 1. The van der Waals surface area contributed by atoms with Crippen molar-refractivity contribution >= 4 is 0 Å². The largest absolute Gasteiger partial charge is 0.468 e. The summed E-state index contributed by atoms with van der Waals surface area (Å²) in [5, 5.41) is 3.56. The van der Waals surface area contributed by atoms with Crippen LogP contribution in [0.25, 0.3) is 0 Å². The molecule has 1 saturated heterocycles. The molecule has 1 unspecified atom stereocenters. The smallest absolute Gasteiger partial charge is 0.120 e. The number of ether oxygens (including phenoxy) is 1. The molecule has 1 fully saturated rings. The number of rotatable bonds is 7. The first-order valence-electron chi connectivity index (χ1n) is 7.72. The van der Waals surface area contributed by atoms with Crippen LogP contribution in [0.4, 0.5) is 0 Å². The van der Waals surface area contributed by atoms with E-state index in [-0.39, 0.29) is 0 Å². The molecule has 114 valence electrons. The van der Waals surface area contributed by atoms with Crippen LogP contribution in [-0.2, 0) is 11.3 Å². The van der Waals surface area contributed by atoms with Crippen LogP contribution in [0, 0.1) is 12.8 Å². The summed E-state index contributed by atoms with van der Waals surface area (Å²) in [5.74, 6) is 1.77. The standard InChI is InChI=1S/C16H28N2O2/c1-13(2)10-15(18-5-8-19-9-6-18)11-17-12-16-14(3)4-7-20-16/h4,7,13,15,17H,5-6,8-12H2,1-3H3. The maximum Gasteiger partial charge on any atom is 0.120 e. The summed E-state index contributed by atoms with van der Waals surface area (Å²) in [4.78, 5) is 2.56. The van der Waals surface area contributed by atoms with Gasteiger partial charge >= 0.3 is 0 Å². The summed E-state index contributed by atoms with van der Waals surface area (Å²) in [5.41, 5.74) is 1.23. The van der Waals surface area contributed by atoms with Crippen molar-refractivity contribution in [3.05, 3.63) is 23.7 Å². The van der Waals surface area contributed by atoms with Crippen molar-refractivity contribution in [3.63, 3.8) is 0 Å². The highest BCUT2D eigenvalue weighted by molar-refractivity contribution is 5.14. The van der Waals surface area contributed by atoms with Gasteiger partial charge in [-0.2, -0.15) is 0 Å². The molecule has 1 aliphatic rings. The lowest BCUT2D eigenvalue weighted by atomic mass is 10.0. The minimum atomic E-state index is 0.592. The summed E-state index contributed by atoms with van der Waals surface area (Å²) >= 11 is 0. The average Bonchev–Trinajstić information content (AvgIpc) is 2.84. The van der Waals surface area contributed by atoms with Gasteiger partial charge in [-0.3, -0.25) is 4.90 Å². The quantitative estimate of drug-likeness (QED) is 0.832. The Hall–Kier alpha value is -0.840. The number of nitrogens with zero attached hydrogens (tertiary/aromatic N) is 1. The van der Waals surface area contributed by atoms with E-state index in [1.165, 1.54) is 12.0 Å². The first kappa shape index (κ1) is 15.5. The SMILES string of the molecule is Cc1ccoc1CNCC(CC(C)C)N1CCOCC1. The molecule has 0 radical (unpaired) electrons. The van der Waals surface area contributed by atoms with E-state index in [4.69, 9.17) is 9.15 Å². The summed E-state index contributed by atoms with van der Waals surface area (Å²) in [6.07, 6.45) is 2.99. The molecule has 20 heavy (non-hydrogen) atoms. The van der Waals surface area contributed by atoms with Crippen LogP contribution in [0.1, 0.15) is 31.6 Å². The van der Waals surface area contributed by atoms with E-state index in [1.807, 2.05) is 6.07 Å². The number of hydrogen-bond donors (Lipinski definition) is 1. The number of hydrogen-bond acceptors (Lipinski definition) is 4. The minimum absolute atomic E-state index is 0.592. The average molecular weight is 280 g/mol. The van der Waals surface area contributed by atoms with E-state index in [1.54, 1.807) is 6.26 Å². The molecule has 4 nitrogen and oxygen atoms in total. The first-order valence-corrected chi connectivity index (χ1v) is 7.72. The maximum absolute atomic E-state index is 5.48. The molecule has 0 amide bonds. The molecule has 1 aromatic rings. The van der Waals surface area contributed by atoms with Crippen molar-refractivity contribution in [2.45, 2.75) is 39.8 Å². The zero-order chi connectivity index (χ0) is 14.4. The Morgan fingerprint density at radius 2 is 2.05 bits per heavy atom. The highest BCUT2D eigenvalue weighted by Gasteiger charge is 2.21. The third-order valence-electron chi connectivity index (χ3n) is 3.94. The van der Waals surface area contributed by atoms with Gasteiger partial charge in [0.2, 0.25) is 0 Å². The van der Waals surface area contributed by atoms with Crippen LogP contribution >= 0.6 is 0 Å². The van der Waals surface area contributed by atoms with Crippen molar-refractivity contribution in [2.24, 2.45) is 5.92 Å². The van der Waals surface area contributed by atoms with Crippen molar-refractivity contribution in [2.75, 3.05) is 32.8 Å². The molecular weight excluding hydrogens is 252 g/mol. The van der Waals surface area contributed by atoms with Gasteiger partial charge in [0, 0.05) is 25.7 Å². The van der Waals surface area contributed by atoms with Gasteiger partial charge in [0.05, 0.1) is 26.0 Å². The molecule has 0 aromatic carbocycles. The monoisotopic (exact) mass is 280 g/mol. The minimum Gasteiger partial charge on any atom is -0.468 e. The van der Waals surface area contributed by atoms with E-state index >= 15 is 0 Å². The predicted octanol–water partition coefficient (Wildman–Crippen LogP) is 2.42. The summed E-state index contributed by atoms with van der Waals surface area (Å²) in [6, 6.07) is 2.61. The zero-order valence-electron chi connectivity index (χ0n) is 13.0. The van der Waals surface area contributed by atoms with Crippen molar-refractivity contribution in [1.82, 2.24) is 10.2 Å². The predicted molar refractivity (Wildman–Crippen MR) is 80.8 cm³/mol. The second kappa shape index (κ2) is 7.81. The van der Waals surface area contributed by atoms with Crippen LogP contribution in [0.3, 0.4) is 0 Å². The van der Waals surface area contributed by atoms with Gasteiger partial charge < -0.3 is 14.5 Å². The van der Waals surface area contributed by atoms with Gasteiger partial charge in [-0.1, -0.05) is 13.8 Å². The van der Waals surface area contributed by atoms with E-state index in [0.29, 0.717) is 6.04 Å². The number of aryl methyl sites for hydroxylation is 1. The van der Waals surface area contributed by atoms with Crippen LogP contribution in [-0.4, -0.2) is 43.8 Å². The fourth-order valence-electron chi connectivity index (χ4n) is 2.79. The maximum atomic E-state index is 5.48. The van der Waals surface area contributed by atoms with Gasteiger partial charge in [0.15, 0.2) is 0 Å². The highest BCUT2D eigenvalue weighted by atomic mass is 16.5. The van der Waals surface area contributed by atoms with Gasteiger partial charge in [0.1, 0.15) is 5.76 Å². The molecular formula is C16H28N2O2. The van der Waals surface area contributed by atoms with Crippen LogP contribution in [0.5, 0.6) is 0 Å². The molecule has 0 bridgehead atoms. The Kier molecular flexibility index (Phi) is 6.07. The van der Waals surface area contributed by atoms with Gasteiger partial charge in [-0.25, -0.2) is 0 Å². The second-order valence-corrected chi connectivity index (χ2v) is 6.09. The Balaban J connectivity index is 1.82. The summed E-state index contributed by atoms with van der Waals surface area (Å²) < 4.78 is 10.9.